The van der Waals surface area contributed by atoms with Crippen LogP contribution in [0.15, 0.2) is 36.4 Å². The Labute approximate surface area is 166 Å². The minimum absolute atomic E-state index is 0.0546. The number of rotatable bonds is 6. The van der Waals surface area contributed by atoms with Crippen molar-refractivity contribution in [3.05, 3.63) is 52.4 Å². The van der Waals surface area contributed by atoms with Crippen molar-refractivity contribution in [2.24, 2.45) is 0 Å². The molecule has 0 saturated heterocycles. The molecular formula is C21H19NO5S. The molecule has 1 aromatic rings. The summed E-state index contributed by atoms with van der Waals surface area (Å²) in [7, 11) is 0. The molecule has 0 atom stereocenters. The van der Waals surface area contributed by atoms with Crippen molar-refractivity contribution in [1.82, 2.24) is 0 Å². The first-order valence-electron chi connectivity index (χ1n) is 8.76. The lowest BCUT2D eigenvalue weighted by atomic mass is 10.1. The van der Waals surface area contributed by atoms with E-state index in [9.17, 15) is 14.4 Å². The molecule has 0 radical (unpaired) electrons. The molecule has 2 N–H and O–H groups in total. The third kappa shape index (κ3) is 3.48. The highest BCUT2D eigenvalue weighted by molar-refractivity contribution is 7.17. The Morgan fingerprint density at radius 2 is 1.46 bits per heavy atom. The molecule has 2 aliphatic carbocycles. The Balaban J connectivity index is 2.22. The summed E-state index contributed by atoms with van der Waals surface area (Å²) in [4.78, 5) is 37.4. The van der Waals surface area contributed by atoms with E-state index in [1.54, 1.807) is 32.0 Å². The second-order valence-corrected chi connectivity index (χ2v) is 6.99. The zero-order valence-electron chi connectivity index (χ0n) is 15.5. The predicted octanol–water partition coefficient (Wildman–Crippen LogP) is 4.27. The maximum Gasteiger partial charge on any atom is 0.340 e. The lowest BCUT2D eigenvalue weighted by Crippen LogP contribution is -2.09. The number of hydrogen-bond donors (Lipinski definition) is 1. The van der Waals surface area contributed by atoms with E-state index in [-0.39, 0.29) is 30.0 Å². The molecule has 1 aromatic heterocycles. The van der Waals surface area contributed by atoms with Crippen LogP contribution in [0, 0.1) is 0 Å². The van der Waals surface area contributed by atoms with Crippen LogP contribution in [0.5, 0.6) is 0 Å². The van der Waals surface area contributed by atoms with Gasteiger partial charge in [-0.2, -0.15) is 0 Å². The van der Waals surface area contributed by atoms with Gasteiger partial charge in [0.1, 0.15) is 0 Å². The number of esters is 2. The van der Waals surface area contributed by atoms with Crippen LogP contribution in [0.2, 0.25) is 0 Å². The van der Waals surface area contributed by atoms with Crippen LogP contribution in [0.1, 0.15) is 44.2 Å². The average molecular weight is 397 g/mol. The normalized spacial score (nSPS) is 10.6. The van der Waals surface area contributed by atoms with Crippen molar-refractivity contribution in [3.63, 3.8) is 0 Å². The third-order valence-corrected chi connectivity index (χ3v) is 5.27. The topological polar surface area (TPSA) is 95.7 Å². The van der Waals surface area contributed by atoms with Crippen molar-refractivity contribution in [2.75, 3.05) is 18.9 Å². The van der Waals surface area contributed by atoms with Crippen LogP contribution in [-0.2, 0) is 9.47 Å². The lowest BCUT2D eigenvalue weighted by Gasteiger charge is -2.03. The first-order valence-corrected chi connectivity index (χ1v) is 9.58. The van der Waals surface area contributed by atoms with Gasteiger partial charge in [-0.3, -0.25) is 4.79 Å². The van der Waals surface area contributed by atoms with Gasteiger partial charge in [-0.1, -0.05) is 24.3 Å². The van der Waals surface area contributed by atoms with E-state index in [2.05, 4.69) is 0 Å². The molecule has 0 bridgehead atoms. The van der Waals surface area contributed by atoms with E-state index >= 15 is 0 Å². The van der Waals surface area contributed by atoms with E-state index in [4.69, 9.17) is 15.2 Å². The second kappa shape index (κ2) is 8.22. The Bertz CT molecular complexity index is 968. The zero-order chi connectivity index (χ0) is 20.3. The average Bonchev–Trinajstić information content (AvgIpc) is 3.18. The van der Waals surface area contributed by atoms with E-state index in [0.717, 1.165) is 16.7 Å². The van der Waals surface area contributed by atoms with Gasteiger partial charge in [-0.05, 0) is 42.7 Å². The van der Waals surface area contributed by atoms with E-state index in [0.29, 0.717) is 16.0 Å². The highest BCUT2D eigenvalue weighted by atomic mass is 32.1. The van der Waals surface area contributed by atoms with Gasteiger partial charge in [-0.25, -0.2) is 9.59 Å². The highest BCUT2D eigenvalue weighted by Crippen LogP contribution is 2.40. The molecule has 2 aliphatic rings. The number of hydrogen-bond acceptors (Lipinski definition) is 7. The van der Waals surface area contributed by atoms with Crippen molar-refractivity contribution >= 4 is 35.2 Å². The number of thiophene rings is 1. The van der Waals surface area contributed by atoms with Crippen LogP contribution in [0.4, 0.5) is 5.69 Å². The number of ether oxygens (including phenoxy) is 2. The Kier molecular flexibility index (Phi) is 5.75. The number of carbonyl (C=O) groups excluding carboxylic acids is 3. The maximum atomic E-state index is 12.5. The van der Waals surface area contributed by atoms with Crippen LogP contribution < -0.4 is 5.73 Å². The van der Waals surface area contributed by atoms with Crippen LogP contribution in [0.25, 0.3) is 21.6 Å². The molecule has 6 nitrogen and oxygen atoms in total. The number of carbonyl (C=O) groups is 3. The molecule has 0 saturated carbocycles. The molecule has 144 valence electrons. The van der Waals surface area contributed by atoms with Crippen molar-refractivity contribution in [2.45, 2.75) is 13.8 Å². The van der Waals surface area contributed by atoms with E-state index < -0.39 is 11.9 Å². The number of nitrogen functional groups attached to an aromatic ring is 1. The van der Waals surface area contributed by atoms with Crippen LogP contribution >= 0.6 is 11.3 Å². The Morgan fingerprint density at radius 1 is 0.929 bits per heavy atom. The molecule has 3 rings (SSSR count). The monoisotopic (exact) mass is 397 g/mol. The summed E-state index contributed by atoms with van der Waals surface area (Å²) in [6, 6.07) is 10.7. The third-order valence-electron chi connectivity index (χ3n) is 4.21. The van der Waals surface area contributed by atoms with Gasteiger partial charge in [0.25, 0.3) is 0 Å². The lowest BCUT2D eigenvalue weighted by molar-refractivity contribution is 0.0525. The smallest absolute Gasteiger partial charge is 0.340 e. The summed E-state index contributed by atoms with van der Waals surface area (Å²) in [6.45, 7) is 3.77. The summed E-state index contributed by atoms with van der Waals surface area (Å²) in [5.41, 5.74) is 8.38. The summed E-state index contributed by atoms with van der Waals surface area (Å²) >= 11 is 1.35. The Hall–Kier alpha value is -3.19. The largest absolute Gasteiger partial charge is 0.462 e. The minimum atomic E-state index is -0.590. The second-order valence-electron chi connectivity index (χ2n) is 5.87. The molecule has 1 heterocycles. The standard InChI is InChI=1S/C21H19NO5S/c1-3-26-20(24)17-14-8-5-12(16-10-7-13(11-23)28-16)6-9-15(14)18(19(17)22)21(25)27-4-2/h5-11H,3-4,22H2,1-2H3. The first-order chi connectivity index (χ1) is 13.5. The Morgan fingerprint density at radius 3 is 1.89 bits per heavy atom. The van der Waals surface area contributed by atoms with Crippen molar-refractivity contribution in [3.8, 4) is 21.6 Å². The molecule has 0 amide bonds. The first kappa shape index (κ1) is 19.6. The van der Waals surface area contributed by atoms with Gasteiger partial charge in [-0.15, -0.1) is 11.3 Å². The number of aldehydes is 1. The van der Waals surface area contributed by atoms with Gasteiger partial charge < -0.3 is 15.2 Å². The van der Waals surface area contributed by atoms with Crippen LogP contribution in [-0.4, -0.2) is 31.4 Å². The molecule has 0 unspecified atom stereocenters. The highest BCUT2D eigenvalue weighted by Gasteiger charge is 2.30. The quantitative estimate of drug-likeness (QED) is 0.493. The number of nitrogens with two attached hydrogens (primary N) is 1. The van der Waals surface area contributed by atoms with Gasteiger partial charge in [0.05, 0.1) is 34.9 Å². The summed E-state index contributed by atoms with van der Waals surface area (Å²) < 4.78 is 10.3. The van der Waals surface area contributed by atoms with Gasteiger partial charge in [0.2, 0.25) is 0 Å². The van der Waals surface area contributed by atoms with Gasteiger partial charge >= 0.3 is 11.9 Å². The van der Waals surface area contributed by atoms with E-state index in [1.807, 2.05) is 18.2 Å². The molecule has 0 aliphatic heterocycles. The van der Waals surface area contributed by atoms with Gasteiger partial charge in [0, 0.05) is 4.88 Å². The number of anilines is 1. The molecule has 0 aromatic carbocycles. The fourth-order valence-corrected chi connectivity index (χ4v) is 3.84. The summed E-state index contributed by atoms with van der Waals surface area (Å²) in [6.07, 6.45) is 0.798. The summed E-state index contributed by atoms with van der Waals surface area (Å²) in [5.74, 6) is -1.18. The van der Waals surface area contributed by atoms with Crippen molar-refractivity contribution < 1.29 is 23.9 Å². The van der Waals surface area contributed by atoms with Crippen LogP contribution in [0.3, 0.4) is 0 Å². The molecular weight excluding hydrogens is 378 g/mol. The van der Waals surface area contributed by atoms with E-state index in [1.165, 1.54) is 11.3 Å². The minimum Gasteiger partial charge on any atom is -0.462 e. The van der Waals surface area contributed by atoms with Gasteiger partial charge in [0.15, 0.2) is 6.29 Å². The SMILES string of the molecule is CCOC(=O)c1c2ccc(-c3ccc(C=O)s3)ccc-2c(C(=O)OCC)c1N. The molecule has 28 heavy (non-hydrogen) atoms. The maximum absolute atomic E-state index is 12.5. The number of fused-ring (bicyclic) bond motifs is 1. The molecule has 0 spiro atoms. The fraction of sp³-hybridized carbons (Fsp3) is 0.190. The zero-order valence-corrected chi connectivity index (χ0v) is 16.3. The van der Waals surface area contributed by atoms with Crippen molar-refractivity contribution in [1.29, 1.82) is 0 Å². The summed E-state index contributed by atoms with van der Waals surface area (Å²) in [5, 5.41) is 0. The predicted molar refractivity (Wildman–Crippen MR) is 108 cm³/mol. The fourth-order valence-electron chi connectivity index (χ4n) is 3.01. The molecule has 0 fully saturated rings. The molecule has 7 heteroatoms.